The molecular formula is C14H24N2S. The van der Waals surface area contributed by atoms with E-state index in [4.69, 9.17) is 0 Å². The van der Waals surface area contributed by atoms with Gasteiger partial charge in [0.2, 0.25) is 0 Å². The summed E-state index contributed by atoms with van der Waals surface area (Å²) < 4.78 is 0. The van der Waals surface area contributed by atoms with Gasteiger partial charge in [-0.3, -0.25) is 0 Å². The van der Waals surface area contributed by atoms with Crippen molar-refractivity contribution in [1.29, 1.82) is 0 Å². The number of thiophene rings is 1. The number of hydrogen-bond donors (Lipinski definition) is 1. The standard InChI is InChI=1S/C14H24N2S/c1-10-9-16(4)11(2)8-13(10)15-12(3)14-6-5-7-17-14/h5-7,10-13,15H,8-9H2,1-4H3/t10?,11?,12-,13?/m1/s1. The van der Waals surface area contributed by atoms with Crippen LogP contribution in [0.5, 0.6) is 0 Å². The highest BCUT2D eigenvalue weighted by Gasteiger charge is 2.29. The third-order valence-electron chi connectivity index (χ3n) is 4.04. The van der Waals surface area contributed by atoms with Gasteiger partial charge in [-0.25, -0.2) is 0 Å². The average Bonchev–Trinajstić information content (AvgIpc) is 2.79. The van der Waals surface area contributed by atoms with Crippen LogP contribution in [0.15, 0.2) is 17.5 Å². The summed E-state index contributed by atoms with van der Waals surface area (Å²) in [5, 5.41) is 5.97. The fourth-order valence-corrected chi connectivity index (χ4v) is 3.46. The van der Waals surface area contributed by atoms with Crippen LogP contribution in [0.25, 0.3) is 0 Å². The summed E-state index contributed by atoms with van der Waals surface area (Å²) in [6.45, 7) is 8.18. The molecule has 0 aromatic carbocycles. The van der Waals surface area contributed by atoms with Crippen molar-refractivity contribution in [3.8, 4) is 0 Å². The summed E-state index contributed by atoms with van der Waals surface area (Å²) in [5.41, 5.74) is 0. The molecule has 2 nitrogen and oxygen atoms in total. The highest BCUT2D eigenvalue weighted by Crippen LogP contribution is 2.25. The van der Waals surface area contributed by atoms with Gasteiger partial charge in [-0.2, -0.15) is 0 Å². The molecule has 3 heteroatoms. The molecule has 1 aromatic rings. The zero-order valence-electron chi connectivity index (χ0n) is 11.3. The third kappa shape index (κ3) is 3.09. The first kappa shape index (κ1) is 13.1. The highest BCUT2D eigenvalue weighted by atomic mass is 32.1. The molecule has 17 heavy (non-hydrogen) atoms. The van der Waals surface area contributed by atoms with Crippen molar-refractivity contribution in [3.05, 3.63) is 22.4 Å². The van der Waals surface area contributed by atoms with Gasteiger partial charge in [0.05, 0.1) is 0 Å². The highest BCUT2D eigenvalue weighted by molar-refractivity contribution is 7.10. The second-order valence-electron chi connectivity index (χ2n) is 5.51. The Labute approximate surface area is 109 Å². The normalized spacial score (nSPS) is 32.6. The maximum absolute atomic E-state index is 3.81. The topological polar surface area (TPSA) is 15.3 Å². The molecule has 2 rings (SSSR count). The molecule has 1 aliphatic heterocycles. The Morgan fingerprint density at radius 1 is 1.47 bits per heavy atom. The van der Waals surface area contributed by atoms with Crippen LogP contribution in [0.4, 0.5) is 0 Å². The summed E-state index contributed by atoms with van der Waals surface area (Å²) >= 11 is 1.85. The molecule has 2 heterocycles. The molecule has 0 aliphatic carbocycles. The van der Waals surface area contributed by atoms with E-state index in [-0.39, 0.29) is 0 Å². The summed E-state index contributed by atoms with van der Waals surface area (Å²) in [6, 6.07) is 6.19. The molecule has 1 N–H and O–H groups in total. The number of nitrogens with zero attached hydrogens (tertiary/aromatic N) is 1. The Balaban J connectivity index is 1.94. The first-order valence-electron chi connectivity index (χ1n) is 6.57. The largest absolute Gasteiger partial charge is 0.306 e. The van der Waals surface area contributed by atoms with Gasteiger partial charge in [-0.05, 0) is 44.7 Å². The van der Waals surface area contributed by atoms with Gasteiger partial charge in [-0.1, -0.05) is 13.0 Å². The number of nitrogens with one attached hydrogen (secondary N) is 1. The van der Waals surface area contributed by atoms with Crippen molar-refractivity contribution in [3.63, 3.8) is 0 Å². The van der Waals surface area contributed by atoms with Gasteiger partial charge in [0, 0.05) is 29.5 Å². The van der Waals surface area contributed by atoms with Crippen molar-refractivity contribution in [1.82, 2.24) is 10.2 Å². The lowest BCUT2D eigenvalue weighted by atomic mass is 9.89. The minimum atomic E-state index is 0.484. The zero-order chi connectivity index (χ0) is 12.4. The number of likely N-dealkylation sites (tertiary alicyclic amines) is 1. The van der Waals surface area contributed by atoms with Crippen LogP contribution in [0.2, 0.25) is 0 Å². The van der Waals surface area contributed by atoms with Crippen molar-refractivity contribution in [2.75, 3.05) is 13.6 Å². The molecule has 0 amide bonds. The second kappa shape index (κ2) is 5.51. The Hall–Kier alpha value is -0.380. The average molecular weight is 252 g/mol. The SMILES string of the molecule is CC1CN(C)C(C)CC1N[C@H](C)c1cccs1. The van der Waals surface area contributed by atoms with E-state index >= 15 is 0 Å². The van der Waals surface area contributed by atoms with Crippen LogP contribution in [0.1, 0.15) is 38.1 Å². The Morgan fingerprint density at radius 2 is 2.24 bits per heavy atom. The van der Waals surface area contributed by atoms with Gasteiger partial charge in [0.1, 0.15) is 0 Å². The minimum absolute atomic E-state index is 0.484. The molecule has 0 spiro atoms. The molecule has 3 unspecified atom stereocenters. The van der Waals surface area contributed by atoms with Crippen LogP contribution in [-0.2, 0) is 0 Å². The molecule has 4 atom stereocenters. The van der Waals surface area contributed by atoms with Crippen molar-refractivity contribution in [2.45, 2.75) is 45.3 Å². The predicted molar refractivity (Wildman–Crippen MR) is 75.5 cm³/mol. The van der Waals surface area contributed by atoms with E-state index < -0.39 is 0 Å². The Morgan fingerprint density at radius 3 is 2.88 bits per heavy atom. The number of rotatable bonds is 3. The molecule has 1 saturated heterocycles. The summed E-state index contributed by atoms with van der Waals surface area (Å²) in [6.07, 6.45) is 1.26. The molecule has 0 saturated carbocycles. The van der Waals surface area contributed by atoms with E-state index in [1.807, 2.05) is 11.3 Å². The fourth-order valence-electron chi connectivity index (χ4n) is 2.71. The van der Waals surface area contributed by atoms with Gasteiger partial charge in [-0.15, -0.1) is 11.3 Å². The third-order valence-corrected chi connectivity index (χ3v) is 5.10. The van der Waals surface area contributed by atoms with E-state index in [2.05, 4.69) is 55.5 Å². The maximum atomic E-state index is 3.81. The van der Waals surface area contributed by atoms with E-state index in [1.165, 1.54) is 17.8 Å². The Kier molecular flexibility index (Phi) is 4.23. The quantitative estimate of drug-likeness (QED) is 0.889. The van der Waals surface area contributed by atoms with E-state index in [1.54, 1.807) is 0 Å². The van der Waals surface area contributed by atoms with E-state index in [0.717, 1.165) is 5.92 Å². The van der Waals surface area contributed by atoms with E-state index in [9.17, 15) is 0 Å². The van der Waals surface area contributed by atoms with Gasteiger partial charge in [0.25, 0.3) is 0 Å². The lowest BCUT2D eigenvalue weighted by Crippen LogP contribution is -2.51. The van der Waals surface area contributed by atoms with Crippen LogP contribution in [-0.4, -0.2) is 30.6 Å². The number of piperidine rings is 1. The van der Waals surface area contributed by atoms with Crippen LogP contribution in [0.3, 0.4) is 0 Å². The molecule has 96 valence electrons. The molecule has 1 aliphatic rings. The zero-order valence-corrected chi connectivity index (χ0v) is 12.1. The van der Waals surface area contributed by atoms with E-state index in [0.29, 0.717) is 18.1 Å². The summed E-state index contributed by atoms with van der Waals surface area (Å²) in [4.78, 5) is 3.92. The van der Waals surface area contributed by atoms with Crippen molar-refractivity contribution < 1.29 is 0 Å². The molecule has 0 radical (unpaired) electrons. The van der Waals surface area contributed by atoms with Crippen molar-refractivity contribution >= 4 is 11.3 Å². The monoisotopic (exact) mass is 252 g/mol. The minimum Gasteiger partial charge on any atom is -0.306 e. The second-order valence-corrected chi connectivity index (χ2v) is 6.49. The summed E-state index contributed by atoms with van der Waals surface area (Å²) in [7, 11) is 2.24. The van der Waals surface area contributed by atoms with Gasteiger partial charge < -0.3 is 10.2 Å². The lowest BCUT2D eigenvalue weighted by molar-refractivity contribution is 0.117. The smallest absolute Gasteiger partial charge is 0.0388 e. The van der Waals surface area contributed by atoms with Gasteiger partial charge in [0.15, 0.2) is 0 Å². The predicted octanol–water partition coefficient (Wildman–Crippen LogP) is 3.13. The number of hydrogen-bond acceptors (Lipinski definition) is 3. The lowest BCUT2D eigenvalue weighted by Gasteiger charge is -2.41. The van der Waals surface area contributed by atoms with Crippen molar-refractivity contribution in [2.24, 2.45) is 5.92 Å². The van der Waals surface area contributed by atoms with Crippen LogP contribution in [0, 0.1) is 5.92 Å². The molecule has 1 fully saturated rings. The first-order valence-corrected chi connectivity index (χ1v) is 7.45. The maximum Gasteiger partial charge on any atom is 0.0388 e. The fraction of sp³-hybridized carbons (Fsp3) is 0.714. The van der Waals surface area contributed by atoms with Gasteiger partial charge >= 0.3 is 0 Å². The molecule has 0 bridgehead atoms. The summed E-state index contributed by atoms with van der Waals surface area (Å²) in [5.74, 6) is 0.735. The molecule has 1 aromatic heterocycles. The first-order chi connectivity index (χ1) is 8.08. The van der Waals surface area contributed by atoms with Crippen LogP contribution >= 0.6 is 11.3 Å². The molecular weight excluding hydrogens is 228 g/mol. The Bertz CT molecular complexity index is 336. The van der Waals surface area contributed by atoms with Crippen LogP contribution < -0.4 is 5.32 Å².